The van der Waals surface area contributed by atoms with Crippen LogP contribution in [0.15, 0.2) is 27.1 Å². The highest BCUT2D eigenvalue weighted by atomic mass is 79.9. The average Bonchev–Trinajstić information content (AvgIpc) is 2.57. The van der Waals surface area contributed by atoms with Gasteiger partial charge in [-0.05, 0) is 41.1 Å². The third kappa shape index (κ3) is 2.66. The molecular weight excluding hydrogens is 390 g/mol. The number of hydrogen-bond acceptors (Lipinski definition) is 2. The normalized spacial score (nSPS) is 12.8. The van der Waals surface area contributed by atoms with E-state index in [-0.39, 0.29) is 5.56 Å². The molecule has 96 valence electrons. The molecule has 1 aromatic carbocycles. The summed E-state index contributed by atoms with van der Waals surface area (Å²) in [6.45, 7) is 1.86. The molecule has 0 fully saturated rings. The molecule has 1 unspecified atom stereocenters. The van der Waals surface area contributed by atoms with Crippen LogP contribution in [0.2, 0.25) is 0 Å². The SMILES string of the molecule is Cc1sc(C(O)c2c(F)cc(Br)cc2F)cc1Br. The minimum absolute atomic E-state index is 0.303. The zero-order chi connectivity index (χ0) is 13.4. The van der Waals surface area contributed by atoms with Gasteiger partial charge in [0, 0.05) is 18.7 Å². The van der Waals surface area contributed by atoms with Gasteiger partial charge in [0.15, 0.2) is 0 Å². The lowest BCUT2D eigenvalue weighted by Gasteiger charge is -2.11. The van der Waals surface area contributed by atoms with Gasteiger partial charge in [-0.2, -0.15) is 0 Å². The summed E-state index contributed by atoms with van der Waals surface area (Å²) in [5.74, 6) is -1.53. The standard InChI is InChI=1S/C12H8Br2F2OS/c1-5-7(14)4-10(18-5)12(17)11-8(15)2-6(13)3-9(11)16/h2-4,12,17H,1H3. The molecule has 1 heterocycles. The van der Waals surface area contributed by atoms with Gasteiger partial charge in [-0.25, -0.2) is 8.78 Å². The van der Waals surface area contributed by atoms with Crippen molar-refractivity contribution in [3.05, 3.63) is 54.1 Å². The minimum atomic E-state index is -1.30. The molecule has 0 aliphatic carbocycles. The molecule has 0 bridgehead atoms. The first-order valence-electron chi connectivity index (χ1n) is 4.98. The Balaban J connectivity index is 2.49. The molecule has 0 saturated carbocycles. The Kier molecular flexibility index (Phi) is 4.21. The predicted molar refractivity (Wildman–Crippen MR) is 74.9 cm³/mol. The van der Waals surface area contributed by atoms with Crippen molar-refractivity contribution >= 4 is 43.2 Å². The Labute approximate surface area is 124 Å². The van der Waals surface area contributed by atoms with E-state index in [1.165, 1.54) is 11.3 Å². The van der Waals surface area contributed by atoms with Crippen LogP contribution < -0.4 is 0 Å². The van der Waals surface area contributed by atoms with E-state index in [9.17, 15) is 13.9 Å². The van der Waals surface area contributed by atoms with Gasteiger partial charge in [0.25, 0.3) is 0 Å². The topological polar surface area (TPSA) is 20.2 Å². The molecule has 2 rings (SSSR count). The van der Waals surface area contributed by atoms with Crippen LogP contribution in [-0.4, -0.2) is 5.11 Å². The summed E-state index contributed by atoms with van der Waals surface area (Å²) in [7, 11) is 0. The predicted octanol–water partition coefficient (Wildman–Crippen LogP) is 4.94. The van der Waals surface area contributed by atoms with Crippen molar-refractivity contribution in [3.8, 4) is 0 Å². The van der Waals surface area contributed by atoms with Crippen LogP contribution in [-0.2, 0) is 0 Å². The van der Waals surface area contributed by atoms with E-state index in [2.05, 4.69) is 31.9 Å². The van der Waals surface area contributed by atoms with Crippen molar-refractivity contribution in [1.82, 2.24) is 0 Å². The third-order valence-electron chi connectivity index (χ3n) is 2.46. The molecule has 1 atom stereocenters. The van der Waals surface area contributed by atoms with Crippen molar-refractivity contribution in [3.63, 3.8) is 0 Å². The molecule has 1 nitrogen and oxygen atoms in total. The molecular formula is C12H8Br2F2OS. The van der Waals surface area contributed by atoms with Gasteiger partial charge < -0.3 is 5.11 Å². The van der Waals surface area contributed by atoms with Gasteiger partial charge in [-0.1, -0.05) is 15.9 Å². The summed E-state index contributed by atoms with van der Waals surface area (Å²) >= 11 is 7.61. The Morgan fingerprint density at radius 3 is 2.17 bits per heavy atom. The summed E-state index contributed by atoms with van der Waals surface area (Å²) in [6, 6.07) is 3.94. The molecule has 0 spiro atoms. The number of hydrogen-bond donors (Lipinski definition) is 1. The number of aliphatic hydroxyl groups is 1. The highest BCUT2D eigenvalue weighted by Crippen LogP contribution is 2.36. The lowest BCUT2D eigenvalue weighted by molar-refractivity contribution is 0.212. The first-order valence-corrected chi connectivity index (χ1v) is 7.38. The van der Waals surface area contributed by atoms with Crippen molar-refractivity contribution < 1.29 is 13.9 Å². The summed E-state index contributed by atoms with van der Waals surface area (Å²) in [5, 5.41) is 10.1. The van der Waals surface area contributed by atoms with Gasteiger partial charge in [-0.15, -0.1) is 11.3 Å². The maximum absolute atomic E-state index is 13.7. The number of aliphatic hydroxyl groups excluding tert-OH is 1. The average molecular weight is 398 g/mol. The second-order valence-electron chi connectivity index (χ2n) is 3.74. The highest BCUT2D eigenvalue weighted by Gasteiger charge is 2.22. The van der Waals surface area contributed by atoms with Gasteiger partial charge in [-0.3, -0.25) is 0 Å². The fraction of sp³-hybridized carbons (Fsp3) is 0.167. The molecule has 0 aliphatic rings. The molecule has 1 N–H and O–H groups in total. The number of thiophene rings is 1. The maximum Gasteiger partial charge on any atom is 0.133 e. The first-order chi connectivity index (χ1) is 8.40. The Morgan fingerprint density at radius 1 is 1.17 bits per heavy atom. The van der Waals surface area contributed by atoms with E-state index in [1.54, 1.807) is 6.07 Å². The summed E-state index contributed by atoms with van der Waals surface area (Å²) in [4.78, 5) is 1.45. The zero-order valence-electron chi connectivity index (χ0n) is 9.18. The largest absolute Gasteiger partial charge is 0.383 e. The van der Waals surface area contributed by atoms with Crippen LogP contribution in [0, 0.1) is 18.6 Å². The number of aryl methyl sites for hydroxylation is 1. The minimum Gasteiger partial charge on any atom is -0.383 e. The second-order valence-corrected chi connectivity index (χ2v) is 6.80. The molecule has 1 aromatic heterocycles. The van der Waals surface area contributed by atoms with E-state index in [1.807, 2.05) is 6.92 Å². The van der Waals surface area contributed by atoms with E-state index in [4.69, 9.17) is 0 Å². The number of benzene rings is 1. The second kappa shape index (κ2) is 5.36. The Morgan fingerprint density at radius 2 is 1.72 bits per heavy atom. The molecule has 0 radical (unpaired) electrons. The fourth-order valence-corrected chi connectivity index (χ4v) is 3.53. The van der Waals surface area contributed by atoms with Crippen LogP contribution in [0.3, 0.4) is 0 Å². The number of rotatable bonds is 2. The fourth-order valence-electron chi connectivity index (χ4n) is 1.57. The van der Waals surface area contributed by atoms with Gasteiger partial charge in [0.1, 0.15) is 17.7 Å². The van der Waals surface area contributed by atoms with E-state index < -0.39 is 17.7 Å². The van der Waals surface area contributed by atoms with E-state index in [0.717, 1.165) is 21.5 Å². The van der Waals surface area contributed by atoms with Crippen molar-refractivity contribution in [1.29, 1.82) is 0 Å². The van der Waals surface area contributed by atoms with Crippen molar-refractivity contribution in [2.45, 2.75) is 13.0 Å². The molecule has 0 aliphatic heterocycles. The summed E-state index contributed by atoms with van der Waals surface area (Å²) < 4.78 is 28.6. The zero-order valence-corrected chi connectivity index (χ0v) is 13.2. The quantitative estimate of drug-likeness (QED) is 0.760. The van der Waals surface area contributed by atoms with Crippen LogP contribution >= 0.6 is 43.2 Å². The van der Waals surface area contributed by atoms with Crippen molar-refractivity contribution in [2.24, 2.45) is 0 Å². The van der Waals surface area contributed by atoms with Crippen LogP contribution in [0.4, 0.5) is 8.78 Å². The lowest BCUT2D eigenvalue weighted by Crippen LogP contribution is -2.04. The summed E-state index contributed by atoms with van der Waals surface area (Å²) in [6.07, 6.45) is -1.30. The number of halogens is 4. The summed E-state index contributed by atoms with van der Waals surface area (Å²) in [5.41, 5.74) is -0.327. The molecule has 0 saturated heterocycles. The van der Waals surface area contributed by atoms with Crippen LogP contribution in [0.1, 0.15) is 21.4 Å². The van der Waals surface area contributed by atoms with E-state index >= 15 is 0 Å². The van der Waals surface area contributed by atoms with Crippen LogP contribution in [0.25, 0.3) is 0 Å². The highest BCUT2D eigenvalue weighted by molar-refractivity contribution is 9.10. The molecule has 18 heavy (non-hydrogen) atoms. The van der Waals surface area contributed by atoms with Gasteiger partial charge in [0.2, 0.25) is 0 Å². The molecule has 2 aromatic rings. The Hall–Kier alpha value is -0.300. The van der Waals surface area contributed by atoms with Crippen molar-refractivity contribution in [2.75, 3.05) is 0 Å². The monoisotopic (exact) mass is 396 g/mol. The molecule has 0 amide bonds. The lowest BCUT2D eigenvalue weighted by atomic mass is 10.1. The first kappa shape index (κ1) is 14.1. The smallest absolute Gasteiger partial charge is 0.133 e. The van der Waals surface area contributed by atoms with Crippen LogP contribution in [0.5, 0.6) is 0 Å². The Bertz CT molecular complexity index is 555. The maximum atomic E-state index is 13.7. The van der Waals surface area contributed by atoms with Gasteiger partial charge in [0.05, 0.1) is 5.56 Å². The van der Waals surface area contributed by atoms with Gasteiger partial charge >= 0.3 is 0 Å². The third-order valence-corrected chi connectivity index (χ3v) is 5.11. The van der Waals surface area contributed by atoms with E-state index in [0.29, 0.717) is 9.35 Å². The molecule has 6 heteroatoms.